The van der Waals surface area contributed by atoms with Gasteiger partial charge in [-0.2, -0.15) is 0 Å². The Morgan fingerprint density at radius 1 is 1.27 bits per heavy atom. The van der Waals surface area contributed by atoms with Gasteiger partial charge in [0.15, 0.2) is 0 Å². The van der Waals surface area contributed by atoms with E-state index < -0.39 is 10.0 Å². The molecular formula is C19H28N2O4S. The molecule has 1 aliphatic carbocycles. The molecule has 2 aliphatic rings. The summed E-state index contributed by atoms with van der Waals surface area (Å²) in [7, 11) is -3.32. The third-order valence-electron chi connectivity index (χ3n) is 5.42. The van der Waals surface area contributed by atoms with Crippen LogP contribution in [0.3, 0.4) is 0 Å². The van der Waals surface area contributed by atoms with Crippen molar-refractivity contribution < 1.29 is 17.9 Å². The molecule has 2 fully saturated rings. The Morgan fingerprint density at radius 2 is 1.96 bits per heavy atom. The summed E-state index contributed by atoms with van der Waals surface area (Å²) < 4.78 is 32.1. The Bertz CT molecular complexity index is 716. The Balaban J connectivity index is 1.57. The fourth-order valence-electron chi connectivity index (χ4n) is 4.00. The summed E-state index contributed by atoms with van der Waals surface area (Å²) in [6, 6.07) is 9.89. The van der Waals surface area contributed by atoms with E-state index in [9.17, 15) is 13.2 Å². The van der Waals surface area contributed by atoms with Crippen LogP contribution in [0.5, 0.6) is 0 Å². The fraction of sp³-hybridized carbons (Fsp3) is 0.632. The van der Waals surface area contributed by atoms with E-state index in [1.54, 1.807) is 4.90 Å². The molecule has 6 nitrogen and oxygen atoms in total. The molecule has 0 aromatic heterocycles. The van der Waals surface area contributed by atoms with Crippen LogP contribution in [0.1, 0.15) is 44.1 Å². The quantitative estimate of drug-likeness (QED) is 0.818. The van der Waals surface area contributed by atoms with E-state index in [0.29, 0.717) is 19.1 Å². The number of likely N-dealkylation sites (tertiary alicyclic amines) is 1. The number of rotatable bonds is 6. The van der Waals surface area contributed by atoms with Gasteiger partial charge in [0.1, 0.15) is 0 Å². The van der Waals surface area contributed by atoms with Gasteiger partial charge in [-0.25, -0.2) is 13.1 Å². The third kappa shape index (κ3) is 4.84. The number of amides is 1. The molecule has 1 amide bonds. The zero-order chi connectivity index (χ0) is 18.7. The van der Waals surface area contributed by atoms with Crippen molar-refractivity contribution in [2.45, 2.75) is 56.7 Å². The van der Waals surface area contributed by atoms with Gasteiger partial charge in [0, 0.05) is 19.5 Å². The van der Waals surface area contributed by atoms with Gasteiger partial charge in [-0.15, -0.1) is 0 Å². The standard InChI is InChI=1S/C19H28N2O4S/c1-14(22)21-10-6-9-18(20-26(2,23)24)19(21)13-25-17-11-16(12-17)15-7-4-3-5-8-15/h3-5,7-8,16-20H,6,9-13H2,1-2H3/t16?,17?,18-,19-/m0/s1. The molecule has 0 spiro atoms. The highest BCUT2D eigenvalue weighted by Gasteiger charge is 2.37. The van der Waals surface area contributed by atoms with Gasteiger partial charge in [-0.3, -0.25) is 4.79 Å². The van der Waals surface area contributed by atoms with Crippen molar-refractivity contribution >= 4 is 15.9 Å². The molecule has 0 unspecified atom stereocenters. The van der Waals surface area contributed by atoms with E-state index >= 15 is 0 Å². The molecule has 0 bridgehead atoms. The highest BCUT2D eigenvalue weighted by molar-refractivity contribution is 7.88. The van der Waals surface area contributed by atoms with Crippen LogP contribution in [0.25, 0.3) is 0 Å². The largest absolute Gasteiger partial charge is 0.376 e. The van der Waals surface area contributed by atoms with Gasteiger partial charge >= 0.3 is 0 Å². The average Bonchev–Trinajstić information content (AvgIpc) is 2.53. The highest BCUT2D eigenvalue weighted by atomic mass is 32.2. The average molecular weight is 381 g/mol. The second-order valence-corrected chi connectivity index (χ2v) is 9.23. The first kappa shape index (κ1) is 19.3. The summed E-state index contributed by atoms with van der Waals surface area (Å²) in [5, 5.41) is 0. The predicted octanol–water partition coefficient (Wildman–Crippen LogP) is 1.88. The molecule has 2 atom stereocenters. The first-order valence-electron chi connectivity index (χ1n) is 9.24. The van der Waals surface area contributed by atoms with Gasteiger partial charge in [-0.05, 0) is 37.2 Å². The van der Waals surface area contributed by atoms with E-state index in [1.807, 2.05) is 6.07 Å². The molecule has 1 N–H and O–H groups in total. The third-order valence-corrected chi connectivity index (χ3v) is 6.15. The van der Waals surface area contributed by atoms with Gasteiger partial charge in [0.25, 0.3) is 0 Å². The van der Waals surface area contributed by atoms with E-state index in [0.717, 1.165) is 31.9 Å². The minimum absolute atomic E-state index is 0.0330. The minimum Gasteiger partial charge on any atom is -0.376 e. The van der Waals surface area contributed by atoms with Crippen molar-refractivity contribution in [1.29, 1.82) is 0 Å². The number of carbonyl (C=O) groups excluding carboxylic acids is 1. The Kier molecular flexibility index (Phi) is 5.99. The minimum atomic E-state index is -3.32. The topological polar surface area (TPSA) is 75.7 Å². The summed E-state index contributed by atoms with van der Waals surface area (Å²) >= 11 is 0. The Hall–Kier alpha value is -1.44. The number of sulfonamides is 1. The molecule has 1 heterocycles. The first-order chi connectivity index (χ1) is 12.3. The van der Waals surface area contributed by atoms with Crippen molar-refractivity contribution in [2.24, 2.45) is 0 Å². The number of nitrogens with one attached hydrogen (secondary N) is 1. The number of piperidine rings is 1. The Labute approximate surface area is 156 Å². The molecule has 26 heavy (non-hydrogen) atoms. The molecule has 0 radical (unpaired) electrons. The second kappa shape index (κ2) is 8.06. The second-order valence-electron chi connectivity index (χ2n) is 7.45. The highest BCUT2D eigenvalue weighted by Crippen LogP contribution is 2.38. The molecular weight excluding hydrogens is 352 g/mol. The van der Waals surface area contributed by atoms with Crippen LogP contribution < -0.4 is 4.72 Å². The number of nitrogens with zero attached hydrogens (tertiary/aromatic N) is 1. The predicted molar refractivity (Wildman–Crippen MR) is 100 cm³/mol. The summed E-state index contributed by atoms with van der Waals surface area (Å²) in [6.07, 6.45) is 4.80. The SMILES string of the molecule is CC(=O)N1CCC[C@H](NS(C)(=O)=O)[C@@H]1COC1CC(c2ccccc2)C1. The number of carbonyl (C=O) groups is 1. The molecule has 1 aromatic rings. The van der Waals surface area contributed by atoms with Crippen molar-refractivity contribution in [1.82, 2.24) is 9.62 Å². The maximum Gasteiger partial charge on any atom is 0.219 e. The van der Waals surface area contributed by atoms with Gasteiger partial charge in [-0.1, -0.05) is 30.3 Å². The van der Waals surface area contributed by atoms with E-state index in [4.69, 9.17) is 4.74 Å². The maximum absolute atomic E-state index is 12.0. The number of benzene rings is 1. The molecule has 1 aliphatic heterocycles. The lowest BCUT2D eigenvalue weighted by Crippen LogP contribution is -2.58. The van der Waals surface area contributed by atoms with E-state index in [1.165, 1.54) is 12.5 Å². The Morgan fingerprint density at radius 3 is 2.58 bits per heavy atom. The summed E-state index contributed by atoms with van der Waals surface area (Å²) in [5.41, 5.74) is 1.34. The smallest absolute Gasteiger partial charge is 0.219 e. The zero-order valence-corrected chi connectivity index (χ0v) is 16.2. The molecule has 1 saturated heterocycles. The van der Waals surface area contributed by atoms with E-state index in [2.05, 4.69) is 29.0 Å². The summed E-state index contributed by atoms with van der Waals surface area (Å²) in [5.74, 6) is 0.496. The monoisotopic (exact) mass is 380 g/mol. The number of ether oxygens (including phenoxy) is 1. The normalized spacial score (nSPS) is 29.2. The van der Waals surface area contributed by atoms with Crippen LogP contribution >= 0.6 is 0 Å². The first-order valence-corrected chi connectivity index (χ1v) is 11.1. The molecule has 3 rings (SSSR count). The zero-order valence-electron chi connectivity index (χ0n) is 15.4. The summed E-state index contributed by atoms with van der Waals surface area (Å²) in [6.45, 7) is 2.56. The molecule has 7 heteroatoms. The van der Waals surface area contributed by atoms with Crippen molar-refractivity contribution in [3.63, 3.8) is 0 Å². The maximum atomic E-state index is 12.0. The number of hydrogen-bond acceptors (Lipinski definition) is 4. The van der Waals surface area contributed by atoms with Gasteiger partial charge in [0.05, 0.1) is 25.0 Å². The lowest BCUT2D eigenvalue weighted by Gasteiger charge is -2.43. The van der Waals surface area contributed by atoms with Crippen LogP contribution in [0.4, 0.5) is 0 Å². The van der Waals surface area contributed by atoms with Crippen molar-refractivity contribution in [2.75, 3.05) is 19.4 Å². The molecule has 1 saturated carbocycles. The molecule has 144 valence electrons. The fourth-order valence-corrected chi connectivity index (χ4v) is 4.83. The van der Waals surface area contributed by atoms with Crippen LogP contribution in [0, 0.1) is 0 Å². The number of hydrogen-bond donors (Lipinski definition) is 1. The van der Waals surface area contributed by atoms with Crippen LogP contribution in [0.2, 0.25) is 0 Å². The summed E-state index contributed by atoms with van der Waals surface area (Å²) in [4.78, 5) is 13.7. The molecule has 1 aromatic carbocycles. The van der Waals surface area contributed by atoms with Crippen molar-refractivity contribution in [3.05, 3.63) is 35.9 Å². The lowest BCUT2D eigenvalue weighted by atomic mass is 9.77. The van der Waals surface area contributed by atoms with Crippen LogP contribution in [0.15, 0.2) is 30.3 Å². The van der Waals surface area contributed by atoms with Crippen LogP contribution in [-0.4, -0.2) is 56.8 Å². The lowest BCUT2D eigenvalue weighted by molar-refractivity contribution is -0.136. The van der Waals surface area contributed by atoms with E-state index in [-0.39, 0.29) is 24.1 Å². The van der Waals surface area contributed by atoms with Crippen LogP contribution in [-0.2, 0) is 19.6 Å². The van der Waals surface area contributed by atoms with Gasteiger partial charge < -0.3 is 9.64 Å². The van der Waals surface area contributed by atoms with Crippen molar-refractivity contribution in [3.8, 4) is 0 Å². The van der Waals surface area contributed by atoms with Gasteiger partial charge in [0.2, 0.25) is 15.9 Å².